The molecule has 0 bridgehead atoms. The smallest absolute Gasteiger partial charge is 0.237 e. The lowest BCUT2D eigenvalue weighted by Crippen LogP contribution is -2.38. The van der Waals surface area contributed by atoms with Gasteiger partial charge >= 0.3 is 0 Å². The van der Waals surface area contributed by atoms with Crippen molar-refractivity contribution in [3.63, 3.8) is 0 Å². The number of amides is 1. The van der Waals surface area contributed by atoms with Crippen molar-refractivity contribution in [3.05, 3.63) is 77.9 Å². The summed E-state index contributed by atoms with van der Waals surface area (Å²) < 4.78 is 0. The Hall–Kier alpha value is -2.26. The number of hydrogen-bond acceptors (Lipinski definition) is 2. The Kier molecular flexibility index (Phi) is 4.73. The van der Waals surface area contributed by atoms with Gasteiger partial charge < -0.3 is 4.90 Å². The molecular weight excluding hydrogens is 350 g/mol. The van der Waals surface area contributed by atoms with Crippen molar-refractivity contribution in [2.45, 2.75) is 26.0 Å². The van der Waals surface area contributed by atoms with Gasteiger partial charge in [0.25, 0.3) is 0 Å². The zero-order valence-electron chi connectivity index (χ0n) is 16.1. The molecule has 3 aromatic carbocycles. The van der Waals surface area contributed by atoms with Crippen LogP contribution in [0.25, 0.3) is 10.8 Å². The molecule has 0 fully saturated rings. The first kappa shape index (κ1) is 18.1. The lowest BCUT2D eigenvalue weighted by atomic mass is 9.93. The largest absolute Gasteiger partial charge is 0.311 e. The second-order valence-electron chi connectivity index (χ2n) is 8.36. The molecule has 2 nitrogen and oxygen atoms in total. The van der Waals surface area contributed by atoms with Gasteiger partial charge in [0, 0.05) is 12.2 Å². The zero-order chi connectivity index (χ0) is 19.0. The average molecular weight is 376 g/mol. The van der Waals surface area contributed by atoms with Crippen molar-refractivity contribution in [2.24, 2.45) is 5.41 Å². The number of nitrogens with zero attached hydrogens (tertiary/aromatic N) is 1. The van der Waals surface area contributed by atoms with Gasteiger partial charge in [-0.1, -0.05) is 81.4 Å². The summed E-state index contributed by atoms with van der Waals surface area (Å²) in [5, 5.41) is 2.67. The standard InChI is InChI=1S/C24H25NOS/c1-24(2,3)16-25-21-14-7-6-12-20(21)23(27-15-22(25)26)19-13-8-10-17-9-4-5-11-18(17)19/h4-14,23H,15-16H2,1-3H3. The molecule has 0 radical (unpaired) electrons. The fraction of sp³-hybridized carbons (Fsp3) is 0.292. The van der Waals surface area contributed by atoms with E-state index in [1.165, 1.54) is 21.9 Å². The average Bonchev–Trinajstić information content (AvgIpc) is 2.78. The van der Waals surface area contributed by atoms with Crippen molar-refractivity contribution in [3.8, 4) is 0 Å². The second-order valence-corrected chi connectivity index (χ2v) is 9.45. The summed E-state index contributed by atoms with van der Waals surface area (Å²) in [6, 6.07) is 23.4. The van der Waals surface area contributed by atoms with Crippen LogP contribution in [0.1, 0.15) is 37.1 Å². The summed E-state index contributed by atoms with van der Waals surface area (Å²) in [4.78, 5) is 15.0. The van der Waals surface area contributed by atoms with Crippen LogP contribution in [0.2, 0.25) is 0 Å². The van der Waals surface area contributed by atoms with Crippen molar-refractivity contribution in [1.29, 1.82) is 0 Å². The molecule has 0 saturated carbocycles. The molecule has 1 heterocycles. The molecule has 3 aromatic rings. The maximum Gasteiger partial charge on any atom is 0.237 e. The molecule has 3 heteroatoms. The summed E-state index contributed by atoms with van der Waals surface area (Å²) in [6.07, 6.45) is 0. The highest BCUT2D eigenvalue weighted by Gasteiger charge is 2.31. The second kappa shape index (κ2) is 7.05. The fourth-order valence-electron chi connectivity index (χ4n) is 3.80. The number of rotatable bonds is 2. The molecule has 1 amide bonds. The Morgan fingerprint density at radius 2 is 1.59 bits per heavy atom. The van der Waals surface area contributed by atoms with Crippen LogP contribution in [0.15, 0.2) is 66.7 Å². The van der Waals surface area contributed by atoms with E-state index in [9.17, 15) is 4.79 Å². The number of anilines is 1. The maximum absolute atomic E-state index is 13.0. The maximum atomic E-state index is 13.0. The summed E-state index contributed by atoms with van der Waals surface area (Å²) in [7, 11) is 0. The first-order valence-electron chi connectivity index (χ1n) is 9.43. The van der Waals surface area contributed by atoms with Crippen LogP contribution >= 0.6 is 11.8 Å². The Morgan fingerprint density at radius 3 is 2.41 bits per heavy atom. The van der Waals surface area contributed by atoms with Crippen molar-refractivity contribution in [1.82, 2.24) is 0 Å². The van der Waals surface area contributed by atoms with Gasteiger partial charge in [-0.2, -0.15) is 0 Å². The minimum absolute atomic E-state index is 0.0483. The highest BCUT2D eigenvalue weighted by atomic mass is 32.2. The topological polar surface area (TPSA) is 20.3 Å². The summed E-state index contributed by atoms with van der Waals surface area (Å²) >= 11 is 1.74. The van der Waals surface area contributed by atoms with Gasteiger partial charge in [-0.05, 0) is 33.4 Å². The molecule has 0 saturated heterocycles. The van der Waals surface area contributed by atoms with Gasteiger partial charge in [-0.25, -0.2) is 0 Å². The molecule has 0 spiro atoms. The lowest BCUT2D eigenvalue weighted by molar-refractivity contribution is -0.116. The third kappa shape index (κ3) is 3.61. The molecule has 27 heavy (non-hydrogen) atoms. The fourth-order valence-corrected chi connectivity index (χ4v) is 5.02. The zero-order valence-corrected chi connectivity index (χ0v) is 16.9. The van der Waals surface area contributed by atoms with Crippen LogP contribution in [0.5, 0.6) is 0 Å². The van der Waals surface area contributed by atoms with Gasteiger partial charge in [0.1, 0.15) is 0 Å². The van der Waals surface area contributed by atoms with Gasteiger partial charge in [-0.15, -0.1) is 11.8 Å². The highest BCUT2D eigenvalue weighted by molar-refractivity contribution is 8.00. The number of carbonyl (C=O) groups excluding carboxylic acids is 1. The Morgan fingerprint density at radius 1 is 0.926 bits per heavy atom. The van der Waals surface area contributed by atoms with Gasteiger partial charge in [0.05, 0.1) is 11.0 Å². The van der Waals surface area contributed by atoms with E-state index in [2.05, 4.69) is 81.4 Å². The number of fused-ring (bicyclic) bond motifs is 2. The van der Waals surface area contributed by atoms with Crippen LogP contribution in [0.4, 0.5) is 5.69 Å². The number of thioether (sulfide) groups is 1. The first-order chi connectivity index (χ1) is 12.9. The molecule has 1 aliphatic rings. The summed E-state index contributed by atoms with van der Waals surface area (Å²) in [5.74, 6) is 0.698. The third-order valence-electron chi connectivity index (χ3n) is 4.92. The van der Waals surface area contributed by atoms with E-state index in [-0.39, 0.29) is 16.6 Å². The number of benzene rings is 3. The van der Waals surface area contributed by atoms with E-state index < -0.39 is 0 Å². The number of para-hydroxylation sites is 1. The van der Waals surface area contributed by atoms with E-state index in [1.54, 1.807) is 11.8 Å². The Labute approximate surface area is 165 Å². The van der Waals surface area contributed by atoms with E-state index in [0.29, 0.717) is 5.75 Å². The molecule has 1 unspecified atom stereocenters. The minimum Gasteiger partial charge on any atom is -0.311 e. The van der Waals surface area contributed by atoms with Crippen LogP contribution in [-0.2, 0) is 4.79 Å². The van der Waals surface area contributed by atoms with E-state index in [1.807, 2.05) is 11.0 Å². The van der Waals surface area contributed by atoms with Crippen LogP contribution in [0, 0.1) is 5.41 Å². The molecule has 0 aromatic heterocycles. The predicted octanol–water partition coefficient (Wildman–Crippen LogP) is 6.06. The Bertz CT molecular complexity index is 984. The van der Waals surface area contributed by atoms with Crippen LogP contribution in [-0.4, -0.2) is 18.2 Å². The molecule has 1 aliphatic heterocycles. The van der Waals surface area contributed by atoms with E-state index in [4.69, 9.17) is 0 Å². The molecule has 4 rings (SSSR count). The van der Waals surface area contributed by atoms with Gasteiger partial charge in [0.2, 0.25) is 5.91 Å². The number of hydrogen-bond donors (Lipinski definition) is 0. The SMILES string of the molecule is CC(C)(C)CN1C(=O)CSC(c2cccc3ccccc23)c2ccccc21. The summed E-state index contributed by atoms with van der Waals surface area (Å²) in [6.45, 7) is 7.28. The van der Waals surface area contributed by atoms with E-state index >= 15 is 0 Å². The van der Waals surface area contributed by atoms with Gasteiger partial charge in [-0.3, -0.25) is 4.79 Å². The van der Waals surface area contributed by atoms with Crippen LogP contribution in [0.3, 0.4) is 0 Å². The lowest BCUT2D eigenvalue weighted by Gasteiger charge is -2.30. The molecular formula is C24H25NOS. The minimum atomic E-state index is 0.0483. The summed E-state index contributed by atoms with van der Waals surface area (Å²) in [5.41, 5.74) is 3.62. The molecule has 0 N–H and O–H groups in total. The van der Waals surface area contributed by atoms with E-state index in [0.717, 1.165) is 12.2 Å². The van der Waals surface area contributed by atoms with Gasteiger partial charge in [0.15, 0.2) is 0 Å². The number of carbonyl (C=O) groups is 1. The molecule has 0 aliphatic carbocycles. The van der Waals surface area contributed by atoms with Crippen molar-refractivity contribution in [2.75, 3.05) is 17.2 Å². The Balaban J connectivity index is 1.87. The molecule has 1 atom stereocenters. The van der Waals surface area contributed by atoms with Crippen molar-refractivity contribution < 1.29 is 4.79 Å². The van der Waals surface area contributed by atoms with Crippen molar-refractivity contribution >= 4 is 34.1 Å². The monoisotopic (exact) mass is 375 g/mol. The van der Waals surface area contributed by atoms with Crippen LogP contribution < -0.4 is 4.90 Å². The third-order valence-corrected chi connectivity index (χ3v) is 6.18. The highest BCUT2D eigenvalue weighted by Crippen LogP contribution is 2.45. The normalized spacial score (nSPS) is 17.7. The molecule has 138 valence electrons. The first-order valence-corrected chi connectivity index (χ1v) is 10.5. The predicted molar refractivity (Wildman–Crippen MR) is 116 cm³/mol. The quantitative estimate of drug-likeness (QED) is 0.543.